The zero-order valence-electron chi connectivity index (χ0n) is 15.6. The lowest BCUT2D eigenvalue weighted by Crippen LogP contribution is -2.42. The van der Waals surface area contributed by atoms with Gasteiger partial charge in [-0.1, -0.05) is 13.0 Å². The van der Waals surface area contributed by atoms with Gasteiger partial charge in [0.2, 0.25) is 0 Å². The van der Waals surface area contributed by atoms with Gasteiger partial charge in [0.05, 0.1) is 13.1 Å². The second-order valence-corrected chi connectivity index (χ2v) is 6.20. The minimum absolute atomic E-state index is 0. The first-order valence-corrected chi connectivity index (χ1v) is 8.97. The van der Waals surface area contributed by atoms with Crippen LogP contribution in [-0.4, -0.2) is 40.4 Å². The standard InChI is InChI=1S/C18H25FN6O.HI/c1-3-14(26-15-7-4-6-13(19)10-15)11-21-18(20-2)22-12-17-24-23-16-8-5-9-25(16)17;/h4,6-7,10,14H,3,5,8-9,11-12H2,1-2H3,(H2,20,21,22);1H. The van der Waals surface area contributed by atoms with Crippen molar-refractivity contribution in [3.63, 3.8) is 0 Å². The van der Waals surface area contributed by atoms with Crippen molar-refractivity contribution in [2.24, 2.45) is 4.99 Å². The first-order valence-electron chi connectivity index (χ1n) is 8.97. The van der Waals surface area contributed by atoms with Crippen molar-refractivity contribution in [2.75, 3.05) is 13.6 Å². The molecule has 2 aromatic rings. The first-order chi connectivity index (χ1) is 12.7. The van der Waals surface area contributed by atoms with Crippen molar-refractivity contribution < 1.29 is 9.13 Å². The van der Waals surface area contributed by atoms with E-state index in [4.69, 9.17) is 4.74 Å². The molecule has 2 N–H and O–H groups in total. The fourth-order valence-corrected chi connectivity index (χ4v) is 2.94. The van der Waals surface area contributed by atoms with Gasteiger partial charge in [-0.3, -0.25) is 4.99 Å². The minimum Gasteiger partial charge on any atom is -0.489 e. The number of guanidine groups is 1. The van der Waals surface area contributed by atoms with Crippen LogP contribution in [0.1, 0.15) is 31.4 Å². The van der Waals surface area contributed by atoms with Gasteiger partial charge in [0.15, 0.2) is 11.8 Å². The van der Waals surface area contributed by atoms with E-state index >= 15 is 0 Å². The molecule has 7 nitrogen and oxygen atoms in total. The Morgan fingerprint density at radius 3 is 2.96 bits per heavy atom. The van der Waals surface area contributed by atoms with Gasteiger partial charge in [-0.15, -0.1) is 34.2 Å². The number of fused-ring (bicyclic) bond motifs is 1. The van der Waals surface area contributed by atoms with Crippen LogP contribution in [0.4, 0.5) is 4.39 Å². The summed E-state index contributed by atoms with van der Waals surface area (Å²) in [6, 6.07) is 6.19. The lowest BCUT2D eigenvalue weighted by atomic mass is 10.2. The molecule has 0 bridgehead atoms. The minimum atomic E-state index is -0.302. The van der Waals surface area contributed by atoms with E-state index in [0.717, 1.165) is 37.5 Å². The quantitative estimate of drug-likeness (QED) is 0.356. The normalized spacial score (nSPS) is 14.3. The van der Waals surface area contributed by atoms with Gasteiger partial charge in [-0.2, -0.15) is 0 Å². The van der Waals surface area contributed by atoms with Crippen molar-refractivity contribution >= 4 is 29.9 Å². The van der Waals surface area contributed by atoms with E-state index in [9.17, 15) is 4.39 Å². The van der Waals surface area contributed by atoms with Gasteiger partial charge in [-0.05, 0) is 25.0 Å². The highest BCUT2D eigenvalue weighted by atomic mass is 127. The molecule has 1 unspecified atom stereocenters. The van der Waals surface area contributed by atoms with Gasteiger partial charge in [-0.25, -0.2) is 4.39 Å². The molecule has 9 heteroatoms. The van der Waals surface area contributed by atoms with E-state index in [2.05, 4.69) is 30.4 Å². The van der Waals surface area contributed by atoms with Crippen LogP contribution in [0.3, 0.4) is 0 Å². The molecule has 0 saturated heterocycles. The fraction of sp³-hybridized carbons (Fsp3) is 0.500. The van der Waals surface area contributed by atoms with Crippen LogP contribution in [0.2, 0.25) is 0 Å². The number of hydrogen-bond donors (Lipinski definition) is 2. The summed E-state index contributed by atoms with van der Waals surface area (Å²) in [6.45, 7) is 4.13. The molecular weight excluding hydrogens is 462 g/mol. The molecule has 27 heavy (non-hydrogen) atoms. The van der Waals surface area contributed by atoms with Crippen LogP contribution in [0, 0.1) is 5.82 Å². The molecule has 1 aliphatic rings. The molecule has 0 amide bonds. The topological polar surface area (TPSA) is 76.4 Å². The molecule has 0 aliphatic carbocycles. The van der Waals surface area contributed by atoms with E-state index in [0.29, 0.717) is 24.8 Å². The molecule has 0 fully saturated rings. The van der Waals surface area contributed by atoms with Gasteiger partial charge >= 0.3 is 0 Å². The zero-order chi connectivity index (χ0) is 18.4. The van der Waals surface area contributed by atoms with Crippen LogP contribution >= 0.6 is 24.0 Å². The van der Waals surface area contributed by atoms with E-state index in [1.807, 2.05) is 6.92 Å². The summed E-state index contributed by atoms with van der Waals surface area (Å²) >= 11 is 0. The van der Waals surface area contributed by atoms with Crippen molar-refractivity contribution in [3.05, 3.63) is 41.7 Å². The molecule has 0 radical (unpaired) electrons. The Bertz CT molecular complexity index is 766. The maximum atomic E-state index is 13.3. The lowest BCUT2D eigenvalue weighted by Gasteiger charge is -2.20. The Kier molecular flexibility index (Phi) is 8.26. The molecule has 148 valence electrons. The summed E-state index contributed by atoms with van der Waals surface area (Å²) in [4.78, 5) is 4.23. The first kappa shape index (κ1) is 21.4. The number of nitrogens with zero attached hydrogens (tertiary/aromatic N) is 4. The summed E-state index contributed by atoms with van der Waals surface area (Å²) in [7, 11) is 1.72. The number of halogens is 2. The van der Waals surface area contributed by atoms with Gasteiger partial charge in [0.25, 0.3) is 0 Å². The van der Waals surface area contributed by atoms with Gasteiger partial charge in [0.1, 0.15) is 23.5 Å². The van der Waals surface area contributed by atoms with Crippen LogP contribution in [0.5, 0.6) is 5.75 Å². The molecule has 0 saturated carbocycles. The highest BCUT2D eigenvalue weighted by molar-refractivity contribution is 14.0. The summed E-state index contributed by atoms with van der Waals surface area (Å²) in [6.07, 6.45) is 2.82. The second-order valence-electron chi connectivity index (χ2n) is 6.20. The summed E-state index contributed by atoms with van der Waals surface area (Å²) < 4.78 is 21.3. The number of aryl methyl sites for hydroxylation is 1. The molecular formula is C18H26FIN6O. The van der Waals surface area contributed by atoms with Crippen LogP contribution < -0.4 is 15.4 Å². The van der Waals surface area contributed by atoms with Gasteiger partial charge < -0.3 is 19.9 Å². The van der Waals surface area contributed by atoms with Crippen LogP contribution in [-0.2, 0) is 19.5 Å². The Balaban J connectivity index is 0.00000261. The lowest BCUT2D eigenvalue weighted by molar-refractivity contribution is 0.198. The average Bonchev–Trinajstić information content (AvgIpc) is 3.25. The third kappa shape index (κ3) is 5.78. The van der Waals surface area contributed by atoms with E-state index in [1.165, 1.54) is 12.1 Å². The fourth-order valence-electron chi connectivity index (χ4n) is 2.94. The molecule has 1 aliphatic heterocycles. The SMILES string of the molecule is CCC(CNC(=NC)NCc1nnc2n1CCC2)Oc1cccc(F)c1.I. The Morgan fingerprint density at radius 1 is 1.37 bits per heavy atom. The zero-order valence-corrected chi connectivity index (χ0v) is 17.9. The number of rotatable bonds is 7. The molecule has 3 rings (SSSR count). The van der Waals surface area contributed by atoms with E-state index < -0.39 is 0 Å². The molecule has 1 aromatic heterocycles. The predicted octanol–water partition coefficient (Wildman–Crippen LogP) is 2.50. The highest BCUT2D eigenvalue weighted by Gasteiger charge is 2.17. The molecule has 0 spiro atoms. The Hall–Kier alpha value is -1.91. The second kappa shape index (κ2) is 10.4. The van der Waals surface area contributed by atoms with Crippen molar-refractivity contribution in [1.82, 2.24) is 25.4 Å². The molecule has 1 aromatic carbocycles. The van der Waals surface area contributed by atoms with Crippen molar-refractivity contribution in [3.8, 4) is 5.75 Å². The number of aromatic nitrogens is 3. The predicted molar refractivity (Wildman–Crippen MR) is 113 cm³/mol. The Labute approximate surface area is 175 Å². The highest BCUT2D eigenvalue weighted by Crippen LogP contribution is 2.15. The molecule has 1 atom stereocenters. The maximum Gasteiger partial charge on any atom is 0.191 e. The maximum absolute atomic E-state index is 13.3. The van der Waals surface area contributed by atoms with E-state index in [1.54, 1.807) is 19.2 Å². The average molecular weight is 488 g/mol. The van der Waals surface area contributed by atoms with Crippen LogP contribution in [0.15, 0.2) is 29.3 Å². The smallest absolute Gasteiger partial charge is 0.191 e. The van der Waals surface area contributed by atoms with Gasteiger partial charge in [0, 0.05) is 26.1 Å². The number of hydrogen-bond acceptors (Lipinski definition) is 4. The van der Waals surface area contributed by atoms with Crippen LogP contribution in [0.25, 0.3) is 0 Å². The third-order valence-corrected chi connectivity index (χ3v) is 4.38. The largest absolute Gasteiger partial charge is 0.489 e. The monoisotopic (exact) mass is 488 g/mol. The summed E-state index contributed by atoms with van der Waals surface area (Å²) in [5.74, 6) is 2.87. The number of nitrogens with one attached hydrogen (secondary N) is 2. The summed E-state index contributed by atoms with van der Waals surface area (Å²) in [5.41, 5.74) is 0. The molecule has 2 heterocycles. The van der Waals surface area contributed by atoms with Crippen molar-refractivity contribution in [1.29, 1.82) is 0 Å². The van der Waals surface area contributed by atoms with E-state index in [-0.39, 0.29) is 35.9 Å². The number of aliphatic imine (C=N–C) groups is 1. The number of benzene rings is 1. The third-order valence-electron chi connectivity index (χ3n) is 4.38. The Morgan fingerprint density at radius 2 is 2.22 bits per heavy atom. The summed E-state index contributed by atoms with van der Waals surface area (Å²) in [5, 5.41) is 14.9. The number of ether oxygens (including phenoxy) is 1. The van der Waals surface area contributed by atoms with Crippen molar-refractivity contribution in [2.45, 2.75) is 45.4 Å².